The van der Waals surface area contributed by atoms with Crippen molar-refractivity contribution in [2.75, 3.05) is 7.11 Å². The van der Waals surface area contributed by atoms with Gasteiger partial charge in [-0.3, -0.25) is 0 Å². The molecule has 0 aliphatic heterocycles. The molecule has 118 valence electrons. The standard InChI is InChI=1S/C21H17NOS/c1-23-16-11-12-20-18(13-16)21(24)17-9-5-6-10-19(17)22(20)14-15-7-3-2-4-8-15/h2-13H,14H2,1H3. The van der Waals surface area contributed by atoms with Crippen LogP contribution in [0.1, 0.15) is 5.56 Å². The second-order valence-corrected chi connectivity index (χ2v) is 6.21. The third-order valence-corrected chi connectivity index (χ3v) is 4.80. The highest BCUT2D eigenvalue weighted by atomic mass is 32.1. The predicted octanol–water partition coefficient (Wildman–Crippen LogP) is 5.58. The average molecular weight is 331 g/mol. The van der Waals surface area contributed by atoms with Gasteiger partial charge < -0.3 is 9.30 Å². The van der Waals surface area contributed by atoms with Crippen LogP contribution in [0.4, 0.5) is 0 Å². The van der Waals surface area contributed by atoms with Gasteiger partial charge in [0.15, 0.2) is 0 Å². The molecule has 2 nitrogen and oxygen atoms in total. The van der Waals surface area contributed by atoms with E-state index in [2.05, 4.69) is 53.1 Å². The lowest BCUT2D eigenvalue weighted by Gasteiger charge is -2.16. The quantitative estimate of drug-likeness (QED) is 0.359. The van der Waals surface area contributed by atoms with Crippen LogP contribution in [0.3, 0.4) is 0 Å². The molecule has 0 bridgehead atoms. The van der Waals surface area contributed by atoms with Gasteiger partial charge in [0.2, 0.25) is 0 Å². The number of hydrogen-bond acceptors (Lipinski definition) is 2. The molecule has 3 heteroatoms. The summed E-state index contributed by atoms with van der Waals surface area (Å²) in [5.74, 6) is 0.829. The minimum atomic E-state index is 0.805. The number of nitrogens with zero attached hydrogens (tertiary/aromatic N) is 1. The van der Waals surface area contributed by atoms with Gasteiger partial charge in [0.25, 0.3) is 0 Å². The normalized spacial score (nSPS) is 11.0. The first-order valence-corrected chi connectivity index (χ1v) is 8.32. The maximum Gasteiger partial charge on any atom is 0.119 e. The Bertz CT molecular complexity index is 1080. The lowest BCUT2D eigenvalue weighted by atomic mass is 10.1. The van der Waals surface area contributed by atoms with Gasteiger partial charge in [-0.15, -0.1) is 0 Å². The van der Waals surface area contributed by atoms with Gasteiger partial charge in [-0.05, 0) is 29.8 Å². The van der Waals surface area contributed by atoms with Gasteiger partial charge >= 0.3 is 0 Å². The number of aromatic nitrogens is 1. The molecular formula is C21H17NOS. The van der Waals surface area contributed by atoms with Crippen molar-refractivity contribution in [1.82, 2.24) is 4.57 Å². The SMILES string of the molecule is COc1ccc2c(c1)c(=S)c1ccccc1n2Cc1ccccc1. The predicted molar refractivity (Wildman–Crippen MR) is 102 cm³/mol. The second-order valence-electron chi connectivity index (χ2n) is 5.80. The number of pyridine rings is 1. The number of para-hydroxylation sites is 1. The summed E-state index contributed by atoms with van der Waals surface area (Å²) in [6.45, 7) is 0.805. The molecule has 0 saturated carbocycles. The summed E-state index contributed by atoms with van der Waals surface area (Å²) >= 11 is 5.76. The van der Waals surface area contributed by atoms with Crippen molar-refractivity contribution in [3.63, 3.8) is 0 Å². The van der Waals surface area contributed by atoms with Crippen LogP contribution in [-0.4, -0.2) is 11.7 Å². The topological polar surface area (TPSA) is 14.2 Å². The monoisotopic (exact) mass is 331 g/mol. The van der Waals surface area contributed by atoms with Crippen LogP contribution in [0.5, 0.6) is 5.75 Å². The Balaban J connectivity index is 2.08. The van der Waals surface area contributed by atoms with Crippen molar-refractivity contribution >= 4 is 34.0 Å². The van der Waals surface area contributed by atoms with Crippen molar-refractivity contribution in [1.29, 1.82) is 0 Å². The fourth-order valence-electron chi connectivity index (χ4n) is 3.17. The van der Waals surface area contributed by atoms with Crippen LogP contribution < -0.4 is 4.74 Å². The van der Waals surface area contributed by atoms with Crippen molar-refractivity contribution in [3.05, 3.63) is 82.9 Å². The number of methoxy groups -OCH3 is 1. The molecule has 0 aliphatic rings. The van der Waals surface area contributed by atoms with Gasteiger partial charge in [-0.25, -0.2) is 0 Å². The molecule has 0 spiro atoms. The molecular weight excluding hydrogens is 314 g/mol. The largest absolute Gasteiger partial charge is 0.497 e. The molecule has 0 amide bonds. The zero-order valence-electron chi connectivity index (χ0n) is 13.4. The van der Waals surface area contributed by atoms with E-state index in [1.54, 1.807) is 7.11 Å². The van der Waals surface area contributed by atoms with E-state index >= 15 is 0 Å². The molecule has 0 unspecified atom stereocenters. The highest BCUT2D eigenvalue weighted by Crippen LogP contribution is 2.29. The molecule has 4 rings (SSSR count). The number of benzene rings is 3. The Morgan fingerprint density at radius 2 is 1.54 bits per heavy atom. The van der Waals surface area contributed by atoms with Crippen LogP contribution in [-0.2, 0) is 6.54 Å². The van der Waals surface area contributed by atoms with Crippen LogP contribution in [0.15, 0.2) is 72.8 Å². The summed E-state index contributed by atoms with van der Waals surface area (Å²) in [4.78, 5) is 0. The van der Waals surface area contributed by atoms with Crippen LogP contribution in [0.25, 0.3) is 21.8 Å². The average Bonchev–Trinajstić information content (AvgIpc) is 2.65. The zero-order valence-corrected chi connectivity index (χ0v) is 14.2. The van der Waals surface area contributed by atoms with Crippen molar-refractivity contribution < 1.29 is 4.74 Å². The Morgan fingerprint density at radius 1 is 0.833 bits per heavy atom. The fourth-order valence-corrected chi connectivity index (χ4v) is 3.51. The highest BCUT2D eigenvalue weighted by Gasteiger charge is 2.09. The zero-order chi connectivity index (χ0) is 16.5. The summed E-state index contributed by atoms with van der Waals surface area (Å²) in [5.41, 5.74) is 3.55. The van der Waals surface area contributed by atoms with E-state index in [9.17, 15) is 0 Å². The molecule has 0 N–H and O–H groups in total. The van der Waals surface area contributed by atoms with E-state index in [-0.39, 0.29) is 0 Å². The lowest BCUT2D eigenvalue weighted by Crippen LogP contribution is -2.04. The minimum absolute atomic E-state index is 0.805. The molecule has 1 aromatic heterocycles. The smallest absolute Gasteiger partial charge is 0.119 e. The number of fused-ring (bicyclic) bond motifs is 2. The Morgan fingerprint density at radius 3 is 2.33 bits per heavy atom. The first-order valence-electron chi connectivity index (χ1n) is 7.91. The fraction of sp³-hybridized carbons (Fsp3) is 0.0952. The molecule has 24 heavy (non-hydrogen) atoms. The number of ether oxygens (including phenoxy) is 1. The summed E-state index contributed by atoms with van der Waals surface area (Å²) in [6.07, 6.45) is 0. The van der Waals surface area contributed by atoms with Gasteiger partial charge in [0.1, 0.15) is 5.75 Å². The van der Waals surface area contributed by atoms with E-state index < -0.39 is 0 Å². The Labute approximate surface area is 145 Å². The Hall–Kier alpha value is -2.65. The lowest BCUT2D eigenvalue weighted by molar-refractivity contribution is 0.415. The third-order valence-electron chi connectivity index (χ3n) is 4.36. The molecule has 0 fully saturated rings. The van der Waals surface area contributed by atoms with Gasteiger partial charge in [-0.1, -0.05) is 60.7 Å². The summed E-state index contributed by atoms with van der Waals surface area (Å²) in [6, 6.07) is 25.0. The van der Waals surface area contributed by atoms with Gasteiger partial charge in [0.05, 0.1) is 22.7 Å². The first kappa shape index (κ1) is 14.9. The van der Waals surface area contributed by atoms with Crippen molar-refractivity contribution in [3.8, 4) is 5.75 Å². The van der Waals surface area contributed by atoms with E-state index in [0.717, 1.165) is 38.6 Å². The molecule has 0 saturated heterocycles. The molecule has 4 aromatic rings. The summed E-state index contributed by atoms with van der Waals surface area (Å²) < 4.78 is 8.60. The molecule has 1 heterocycles. The highest BCUT2D eigenvalue weighted by molar-refractivity contribution is 7.72. The number of hydrogen-bond donors (Lipinski definition) is 0. The van der Waals surface area contributed by atoms with Crippen molar-refractivity contribution in [2.45, 2.75) is 6.54 Å². The maximum atomic E-state index is 5.76. The summed E-state index contributed by atoms with van der Waals surface area (Å²) in [7, 11) is 1.68. The first-order chi connectivity index (χ1) is 11.8. The third kappa shape index (κ3) is 2.47. The van der Waals surface area contributed by atoms with Gasteiger partial charge in [0, 0.05) is 17.3 Å². The molecule has 0 atom stereocenters. The van der Waals surface area contributed by atoms with E-state index in [0.29, 0.717) is 0 Å². The molecule has 0 aliphatic carbocycles. The second kappa shape index (κ2) is 6.10. The van der Waals surface area contributed by atoms with Crippen LogP contribution in [0.2, 0.25) is 0 Å². The van der Waals surface area contributed by atoms with Gasteiger partial charge in [-0.2, -0.15) is 0 Å². The van der Waals surface area contributed by atoms with E-state index in [1.165, 1.54) is 5.56 Å². The minimum Gasteiger partial charge on any atom is -0.497 e. The van der Waals surface area contributed by atoms with E-state index in [4.69, 9.17) is 17.0 Å². The molecule has 0 radical (unpaired) electrons. The van der Waals surface area contributed by atoms with Crippen molar-refractivity contribution in [2.24, 2.45) is 0 Å². The van der Waals surface area contributed by atoms with E-state index in [1.807, 2.05) is 24.3 Å². The number of rotatable bonds is 3. The van der Waals surface area contributed by atoms with Crippen LogP contribution in [0, 0.1) is 4.51 Å². The van der Waals surface area contributed by atoms with Crippen LogP contribution >= 0.6 is 12.2 Å². The maximum absolute atomic E-state index is 5.76. The Kier molecular flexibility index (Phi) is 3.79. The molecule has 3 aromatic carbocycles. The summed E-state index contributed by atoms with van der Waals surface area (Å²) in [5, 5.41) is 2.16.